The molecule has 1 unspecified atom stereocenters. The van der Waals surface area contributed by atoms with Crippen LogP contribution < -0.4 is 0 Å². The SMILES string of the molecule is c1ccc(CCN2CCCCC2C2OCCO2)cc1. The number of ether oxygens (including phenoxy) is 2. The molecule has 0 aliphatic carbocycles. The van der Waals surface area contributed by atoms with Crippen molar-refractivity contribution in [2.45, 2.75) is 38.0 Å². The summed E-state index contributed by atoms with van der Waals surface area (Å²) in [5.74, 6) is 0. The van der Waals surface area contributed by atoms with Crippen molar-refractivity contribution in [3.63, 3.8) is 0 Å². The molecule has 1 aromatic carbocycles. The minimum absolute atomic E-state index is 0.0103. The van der Waals surface area contributed by atoms with Gasteiger partial charge in [0.15, 0.2) is 6.29 Å². The number of hydrogen-bond donors (Lipinski definition) is 0. The highest BCUT2D eigenvalue weighted by Crippen LogP contribution is 2.24. The van der Waals surface area contributed by atoms with Crippen LogP contribution in [0.3, 0.4) is 0 Å². The first-order valence-electron chi connectivity index (χ1n) is 7.45. The summed E-state index contributed by atoms with van der Waals surface area (Å²) in [5.41, 5.74) is 1.42. The lowest BCUT2D eigenvalue weighted by Crippen LogP contribution is -2.48. The van der Waals surface area contributed by atoms with Gasteiger partial charge >= 0.3 is 0 Å². The quantitative estimate of drug-likeness (QED) is 0.831. The molecule has 2 heterocycles. The van der Waals surface area contributed by atoms with Crippen LogP contribution in [0, 0.1) is 0 Å². The third-order valence-corrected chi connectivity index (χ3v) is 4.16. The molecule has 1 atom stereocenters. The fraction of sp³-hybridized carbons (Fsp3) is 0.625. The van der Waals surface area contributed by atoms with Crippen molar-refractivity contribution in [2.24, 2.45) is 0 Å². The first kappa shape index (κ1) is 13.1. The Morgan fingerprint density at radius 2 is 1.84 bits per heavy atom. The largest absolute Gasteiger partial charge is 0.349 e. The van der Waals surface area contributed by atoms with Gasteiger partial charge in [-0.3, -0.25) is 4.90 Å². The first-order valence-corrected chi connectivity index (χ1v) is 7.45. The van der Waals surface area contributed by atoms with E-state index in [1.54, 1.807) is 0 Å². The summed E-state index contributed by atoms with van der Waals surface area (Å²) in [6, 6.07) is 11.2. The van der Waals surface area contributed by atoms with Crippen molar-refractivity contribution >= 4 is 0 Å². The molecule has 1 aromatic rings. The Kier molecular flexibility index (Phi) is 4.49. The molecular formula is C16H23NO2. The molecule has 3 rings (SSSR count). The van der Waals surface area contributed by atoms with Gasteiger partial charge in [-0.25, -0.2) is 0 Å². The summed E-state index contributed by atoms with van der Waals surface area (Å²) in [4.78, 5) is 2.56. The lowest BCUT2D eigenvalue weighted by atomic mass is 10.0. The second-order valence-corrected chi connectivity index (χ2v) is 5.44. The van der Waals surface area contributed by atoms with Crippen LogP contribution in [-0.2, 0) is 15.9 Å². The summed E-state index contributed by atoms with van der Waals surface area (Å²) in [6.07, 6.45) is 4.94. The Morgan fingerprint density at radius 1 is 1.05 bits per heavy atom. The second-order valence-electron chi connectivity index (χ2n) is 5.44. The smallest absolute Gasteiger partial charge is 0.173 e. The van der Waals surface area contributed by atoms with Crippen LogP contribution in [0.4, 0.5) is 0 Å². The van der Waals surface area contributed by atoms with Crippen LogP contribution in [0.1, 0.15) is 24.8 Å². The molecule has 19 heavy (non-hydrogen) atoms. The molecule has 0 saturated carbocycles. The van der Waals surface area contributed by atoms with E-state index in [0.717, 1.165) is 26.2 Å². The highest BCUT2D eigenvalue weighted by atomic mass is 16.7. The predicted octanol–water partition coefficient (Wildman–Crippen LogP) is 2.46. The number of benzene rings is 1. The van der Waals surface area contributed by atoms with Gasteiger partial charge < -0.3 is 9.47 Å². The zero-order chi connectivity index (χ0) is 12.9. The lowest BCUT2D eigenvalue weighted by Gasteiger charge is -2.38. The summed E-state index contributed by atoms with van der Waals surface area (Å²) in [5, 5.41) is 0. The number of hydrogen-bond acceptors (Lipinski definition) is 3. The molecule has 104 valence electrons. The number of rotatable bonds is 4. The van der Waals surface area contributed by atoms with Crippen LogP contribution in [0.5, 0.6) is 0 Å². The number of nitrogens with zero attached hydrogens (tertiary/aromatic N) is 1. The zero-order valence-corrected chi connectivity index (χ0v) is 11.5. The molecule has 2 fully saturated rings. The molecule has 0 spiro atoms. The third kappa shape index (κ3) is 3.35. The highest BCUT2D eigenvalue weighted by molar-refractivity contribution is 5.14. The molecule has 0 radical (unpaired) electrons. The predicted molar refractivity (Wildman–Crippen MR) is 75.1 cm³/mol. The van der Waals surface area contributed by atoms with E-state index in [1.807, 2.05) is 0 Å². The standard InChI is InChI=1S/C16H23NO2/c1-2-6-14(7-3-1)9-11-17-10-5-4-8-15(17)16-18-12-13-19-16/h1-3,6-7,15-16H,4-5,8-13H2. The Labute approximate surface area is 115 Å². The van der Waals surface area contributed by atoms with E-state index >= 15 is 0 Å². The molecule has 3 nitrogen and oxygen atoms in total. The van der Waals surface area contributed by atoms with E-state index in [4.69, 9.17) is 9.47 Å². The van der Waals surface area contributed by atoms with Crippen molar-refractivity contribution in [2.75, 3.05) is 26.3 Å². The van der Waals surface area contributed by atoms with Crippen LogP contribution in [0.25, 0.3) is 0 Å². The molecule has 2 aliphatic heterocycles. The summed E-state index contributed by atoms with van der Waals surface area (Å²) < 4.78 is 11.4. The van der Waals surface area contributed by atoms with Gasteiger partial charge in [-0.05, 0) is 31.4 Å². The number of piperidine rings is 1. The maximum absolute atomic E-state index is 5.71. The monoisotopic (exact) mass is 261 g/mol. The van der Waals surface area contributed by atoms with E-state index in [1.165, 1.54) is 31.4 Å². The van der Waals surface area contributed by atoms with E-state index < -0.39 is 0 Å². The molecule has 2 saturated heterocycles. The second kappa shape index (κ2) is 6.51. The Balaban J connectivity index is 1.57. The van der Waals surface area contributed by atoms with E-state index in [2.05, 4.69) is 35.2 Å². The maximum Gasteiger partial charge on any atom is 0.173 e. The van der Waals surface area contributed by atoms with E-state index in [0.29, 0.717) is 6.04 Å². The van der Waals surface area contributed by atoms with Crippen LogP contribution in [-0.4, -0.2) is 43.5 Å². The summed E-state index contributed by atoms with van der Waals surface area (Å²) >= 11 is 0. The summed E-state index contributed by atoms with van der Waals surface area (Å²) in [7, 11) is 0. The Morgan fingerprint density at radius 3 is 2.63 bits per heavy atom. The van der Waals surface area contributed by atoms with Gasteiger partial charge in [-0.1, -0.05) is 36.8 Å². The van der Waals surface area contributed by atoms with Crippen LogP contribution in [0.2, 0.25) is 0 Å². The Bertz CT molecular complexity index is 376. The van der Waals surface area contributed by atoms with Gasteiger partial charge in [0, 0.05) is 6.54 Å². The average Bonchev–Trinajstić information content (AvgIpc) is 3.01. The molecule has 0 N–H and O–H groups in total. The van der Waals surface area contributed by atoms with Gasteiger partial charge in [-0.15, -0.1) is 0 Å². The van der Waals surface area contributed by atoms with Gasteiger partial charge in [-0.2, -0.15) is 0 Å². The van der Waals surface area contributed by atoms with E-state index in [-0.39, 0.29) is 6.29 Å². The number of likely N-dealkylation sites (tertiary alicyclic amines) is 1. The van der Waals surface area contributed by atoms with Crippen molar-refractivity contribution in [1.29, 1.82) is 0 Å². The van der Waals surface area contributed by atoms with Crippen molar-refractivity contribution in [3.05, 3.63) is 35.9 Å². The molecule has 2 aliphatic rings. The first-order chi connectivity index (χ1) is 9.43. The average molecular weight is 261 g/mol. The van der Waals surface area contributed by atoms with Crippen molar-refractivity contribution in [1.82, 2.24) is 4.90 Å². The van der Waals surface area contributed by atoms with Crippen molar-refractivity contribution < 1.29 is 9.47 Å². The maximum atomic E-state index is 5.71. The van der Waals surface area contributed by atoms with Gasteiger partial charge in [0.1, 0.15) is 0 Å². The minimum Gasteiger partial charge on any atom is -0.349 e. The van der Waals surface area contributed by atoms with Crippen LogP contribution >= 0.6 is 0 Å². The minimum atomic E-state index is 0.0103. The topological polar surface area (TPSA) is 21.7 Å². The third-order valence-electron chi connectivity index (χ3n) is 4.16. The molecule has 3 heteroatoms. The van der Waals surface area contributed by atoms with Gasteiger partial charge in [0.05, 0.1) is 19.3 Å². The Hall–Kier alpha value is -0.900. The van der Waals surface area contributed by atoms with Gasteiger partial charge in [0.2, 0.25) is 0 Å². The van der Waals surface area contributed by atoms with Gasteiger partial charge in [0.25, 0.3) is 0 Å². The highest BCUT2D eigenvalue weighted by Gasteiger charge is 2.33. The van der Waals surface area contributed by atoms with Crippen molar-refractivity contribution in [3.8, 4) is 0 Å². The van der Waals surface area contributed by atoms with E-state index in [9.17, 15) is 0 Å². The fourth-order valence-corrected chi connectivity index (χ4v) is 3.12. The van der Waals surface area contributed by atoms with Crippen LogP contribution in [0.15, 0.2) is 30.3 Å². The molecule has 0 amide bonds. The fourth-order valence-electron chi connectivity index (χ4n) is 3.12. The summed E-state index contributed by atoms with van der Waals surface area (Å²) in [6.45, 7) is 3.81. The zero-order valence-electron chi connectivity index (χ0n) is 11.5. The normalized spacial score (nSPS) is 25.8. The molecule has 0 aromatic heterocycles. The molecule has 0 bridgehead atoms. The molecular weight excluding hydrogens is 238 g/mol. The lowest BCUT2D eigenvalue weighted by molar-refractivity contribution is -0.108.